The van der Waals surface area contributed by atoms with Crippen LogP contribution in [0.25, 0.3) is 0 Å². The molecule has 0 aliphatic rings. The molecule has 2 aromatic rings. The number of hydrogen-bond acceptors (Lipinski definition) is 3. The number of thiophene rings is 1. The summed E-state index contributed by atoms with van der Waals surface area (Å²) >= 11 is 13.1. The standard InChI is InChI=1S/C13H10Cl2N2OS/c1-8(9-4-5-10(14)11(15)7-9)16-17-13(18)12-3-2-6-19-12/h2-7H,1H3,(H,17,18)/b16-8-. The highest BCUT2D eigenvalue weighted by atomic mass is 35.5. The summed E-state index contributed by atoms with van der Waals surface area (Å²) in [5, 5.41) is 6.82. The molecular weight excluding hydrogens is 303 g/mol. The first-order valence-electron chi connectivity index (χ1n) is 5.41. The molecule has 98 valence electrons. The van der Waals surface area contributed by atoms with Crippen LogP contribution in [0.3, 0.4) is 0 Å². The van der Waals surface area contributed by atoms with Crippen molar-refractivity contribution in [1.29, 1.82) is 0 Å². The van der Waals surface area contributed by atoms with Gasteiger partial charge >= 0.3 is 0 Å². The summed E-state index contributed by atoms with van der Waals surface area (Å²) in [4.78, 5) is 12.3. The van der Waals surface area contributed by atoms with Crippen LogP contribution in [0.4, 0.5) is 0 Å². The van der Waals surface area contributed by atoms with Crippen molar-refractivity contribution in [2.75, 3.05) is 0 Å². The summed E-state index contributed by atoms with van der Waals surface area (Å²) in [6.07, 6.45) is 0. The van der Waals surface area contributed by atoms with Crippen LogP contribution in [0.1, 0.15) is 22.2 Å². The Morgan fingerprint density at radius 2 is 2.05 bits per heavy atom. The van der Waals surface area contributed by atoms with Gasteiger partial charge in [0.05, 0.1) is 20.6 Å². The highest BCUT2D eigenvalue weighted by molar-refractivity contribution is 7.12. The molecule has 0 aliphatic carbocycles. The second kappa shape index (κ2) is 6.19. The number of hydrogen-bond donors (Lipinski definition) is 1. The van der Waals surface area contributed by atoms with E-state index in [1.54, 1.807) is 31.2 Å². The average molecular weight is 313 g/mol. The highest BCUT2D eigenvalue weighted by Gasteiger charge is 2.06. The summed E-state index contributed by atoms with van der Waals surface area (Å²) in [7, 11) is 0. The fraction of sp³-hybridized carbons (Fsp3) is 0.0769. The minimum absolute atomic E-state index is 0.227. The van der Waals surface area contributed by atoms with Crippen LogP contribution in [0, 0.1) is 0 Å². The summed E-state index contributed by atoms with van der Waals surface area (Å²) in [5.41, 5.74) is 3.96. The van der Waals surface area contributed by atoms with Gasteiger partial charge < -0.3 is 0 Å². The number of amides is 1. The van der Waals surface area contributed by atoms with Gasteiger partial charge in [-0.3, -0.25) is 4.79 Å². The lowest BCUT2D eigenvalue weighted by atomic mass is 10.1. The van der Waals surface area contributed by atoms with E-state index < -0.39 is 0 Å². The van der Waals surface area contributed by atoms with Gasteiger partial charge in [0.2, 0.25) is 0 Å². The van der Waals surface area contributed by atoms with Crippen LogP contribution in [0.15, 0.2) is 40.8 Å². The number of hydrazone groups is 1. The molecule has 0 atom stereocenters. The van der Waals surface area contributed by atoms with Gasteiger partial charge in [-0.1, -0.05) is 35.3 Å². The van der Waals surface area contributed by atoms with Crippen molar-refractivity contribution in [2.24, 2.45) is 5.10 Å². The predicted octanol–water partition coefficient (Wildman–Crippen LogP) is 4.21. The zero-order valence-corrected chi connectivity index (χ0v) is 12.3. The van der Waals surface area contributed by atoms with Gasteiger partial charge in [-0.15, -0.1) is 11.3 Å². The number of nitrogens with zero attached hydrogens (tertiary/aromatic N) is 1. The maximum atomic E-state index is 11.7. The minimum atomic E-state index is -0.227. The molecule has 0 aliphatic heterocycles. The van der Waals surface area contributed by atoms with E-state index in [-0.39, 0.29) is 5.91 Å². The van der Waals surface area contributed by atoms with Crippen molar-refractivity contribution < 1.29 is 4.79 Å². The van der Waals surface area contributed by atoms with Crippen LogP contribution in [-0.2, 0) is 0 Å². The smallest absolute Gasteiger partial charge is 0.266 e. The normalized spacial score (nSPS) is 11.4. The van der Waals surface area contributed by atoms with Crippen molar-refractivity contribution in [3.63, 3.8) is 0 Å². The molecule has 0 fully saturated rings. The Labute approximate surface area is 124 Å². The molecule has 3 nitrogen and oxygen atoms in total. The van der Waals surface area contributed by atoms with Crippen LogP contribution < -0.4 is 5.43 Å². The number of carbonyl (C=O) groups excluding carboxylic acids is 1. The minimum Gasteiger partial charge on any atom is -0.266 e. The van der Waals surface area contributed by atoms with Crippen LogP contribution >= 0.6 is 34.5 Å². The van der Waals surface area contributed by atoms with E-state index in [0.29, 0.717) is 20.6 Å². The van der Waals surface area contributed by atoms with Gasteiger partial charge in [0, 0.05) is 0 Å². The molecular formula is C13H10Cl2N2OS. The molecule has 1 aromatic heterocycles. The Bertz CT molecular complexity index is 624. The Morgan fingerprint density at radius 3 is 2.68 bits per heavy atom. The fourth-order valence-electron chi connectivity index (χ4n) is 1.38. The third-order valence-corrected chi connectivity index (χ3v) is 4.02. The molecule has 1 aromatic carbocycles. The molecule has 6 heteroatoms. The zero-order chi connectivity index (χ0) is 13.8. The third kappa shape index (κ3) is 3.56. The van der Waals surface area contributed by atoms with E-state index in [0.717, 1.165) is 5.56 Å². The van der Waals surface area contributed by atoms with Gasteiger partial charge in [-0.05, 0) is 36.1 Å². The number of benzene rings is 1. The lowest BCUT2D eigenvalue weighted by molar-refractivity contribution is 0.0959. The summed E-state index contributed by atoms with van der Waals surface area (Å²) in [6.45, 7) is 1.79. The van der Waals surface area contributed by atoms with Crippen molar-refractivity contribution in [2.45, 2.75) is 6.92 Å². The van der Waals surface area contributed by atoms with Gasteiger partial charge in [-0.25, -0.2) is 5.43 Å². The van der Waals surface area contributed by atoms with Crippen LogP contribution in [-0.4, -0.2) is 11.6 Å². The van der Waals surface area contributed by atoms with Crippen LogP contribution in [0.2, 0.25) is 10.0 Å². The second-order valence-electron chi connectivity index (χ2n) is 3.74. The summed E-state index contributed by atoms with van der Waals surface area (Å²) in [5.74, 6) is -0.227. The van der Waals surface area contributed by atoms with E-state index in [2.05, 4.69) is 10.5 Å². The van der Waals surface area contributed by atoms with E-state index in [1.807, 2.05) is 11.4 Å². The maximum Gasteiger partial charge on any atom is 0.281 e. The first kappa shape index (κ1) is 14.1. The molecule has 1 heterocycles. The molecule has 0 bridgehead atoms. The molecule has 0 saturated carbocycles. The number of halogens is 2. The highest BCUT2D eigenvalue weighted by Crippen LogP contribution is 2.22. The molecule has 0 radical (unpaired) electrons. The molecule has 0 spiro atoms. The van der Waals surface area contributed by atoms with Crippen LogP contribution in [0.5, 0.6) is 0 Å². The van der Waals surface area contributed by atoms with E-state index in [4.69, 9.17) is 23.2 Å². The number of nitrogens with one attached hydrogen (secondary N) is 1. The molecule has 19 heavy (non-hydrogen) atoms. The lowest BCUT2D eigenvalue weighted by Crippen LogP contribution is -2.18. The Hall–Kier alpha value is -1.36. The Balaban J connectivity index is 2.10. The largest absolute Gasteiger partial charge is 0.281 e. The Kier molecular flexibility index (Phi) is 4.58. The topological polar surface area (TPSA) is 41.5 Å². The molecule has 0 saturated heterocycles. The predicted molar refractivity (Wildman–Crippen MR) is 80.5 cm³/mol. The van der Waals surface area contributed by atoms with Crippen molar-refractivity contribution in [3.05, 3.63) is 56.2 Å². The van der Waals surface area contributed by atoms with Gasteiger partial charge in [0.15, 0.2) is 0 Å². The quantitative estimate of drug-likeness (QED) is 0.669. The molecule has 1 amide bonds. The molecule has 0 unspecified atom stereocenters. The van der Waals surface area contributed by atoms with E-state index >= 15 is 0 Å². The van der Waals surface area contributed by atoms with E-state index in [9.17, 15) is 4.79 Å². The van der Waals surface area contributed by atoms with Gasteiger partial charge in [0.25, 0.3) is 5.91 Å². The summed E-state index contributed by atoms with van der Waals surface area (Å²) < 4.78 is 0. The van der Waals surface area contributed by atoms with Crippen molar-refractivity contribution in [3.8, 4) is 0 Å². The van der Waals surface area contributed by atoms with Crippen molar-refractivity contribution in [1.82, 2.24) is 5.43 Å². The first-order valence-corrected chi connectivity index (χ1v) is 7.05. The fourth-order valence-corrected chi connectivity index (χ4v) is 2.29. The van der Waals surface area contributed by atoms with Gasteiger partial charge in [0.1, 0.15) is 0 Å². The lowest BCUT2D eigenvalue weighted by Gasteiger charge is -2.03. The first-order chi connectivity index (χ1) is 9.08. The number of carbonyl (C=O) groups is 1. The molecule has 2 rings (SSSR count). The maximum absolute atomic E-state index is 11.7. The number of rotatable bonds is 3. The van der Waals surface area contributed by atoms with Crippen molar-refractivity contribution >= 4 is 46.2 Å². The van der Waals surface area contributed by atoms with E-state index in [1.165, 1.54) is 11.3 Å². The summed E-state index contributed by atoms with van der Waals surface area (Å²) in [6, 6.07) is 8.75. The van der Waals surface area contributed by atoms with Gasteiger partial charge in [-0.2, -0.15) is 5.10 Å². The average Bonchev–Trinajstić information content (AvgIpc) is 2.92. The molecule has 1 N–H and O–H groups in total. The SMILES string of the molecule is C/C(=N/NC(=O)c1cccs1)c1ccc(Cl)c(Cl)c1. The third-order valence-electron chi connectivity index (χ3n) is 2.41. The zero-order valence-electron chi connectivity index (χ0n) is 9.98. The monoisotopic (exact) mass is 312 g/mol. The Morgan fingerprint density at radius 1 is 1.26 bits per heavy atom. The second-order valence-corrected chi connectivity index (χ2v) is 5.51.